The van der Waals surface area contributed by atoms with E-state index in [2.05, 4.69) is 32.9 Å². The van der Waals surface area contributed by atoms with Gasteiger partial charge in [0.05, 0.1) is 0 Å². The Morgan fingerprint density at radius 1 is 1.64 bits per heavy atom. The third kappa shape index (κ3) is 3.13. The van der Waals surface area contributed by atoms with Crippen molar-refractivity contribution in [2.24, 2.45) is 0 Å². The van der Waals surface area contributed by atoms with Crippen LogP contribution in [0.4, 0.5) is 10.6 Å². The summed E-state index contributed by atoms with van der Waals surface area (Å²) in [5.74, 6) is 0.579. The van der Waals surface area contributed by atoms with Gasteiger partial charge in [-0.15, -0.1) is 0 Å². The van der Waals surface area contributed by atoms with E-state index < -0.39 is 0 Å². The van der Waals surface area contributed by atoms with Crippen LogP contribution in [-0.4, -0.2) is 29.5 Å². The molecule has 14 heavy (non-hydrogen) atoms. The number of pyridine rings is 1. The fourth-order valence-electron chi connectivity index (χ4n) is 0.798. The molecule has 0 saturated heterocycles. The first-order valence-corrected chi connectivity index (χ1v) is 5.35. The Morgan fingerprint density at radius 3 is 2.86 bits per heavy atom. The highest BCUT2D eigenvalue weighted by Gasteiger charge is 2.06. The minimum Gasteiger partial charge on any atom is -0.328 e. The van der Waals surface area contributed by atoms with Crippen molar-refractivity contribution in [3.8, 4) is 0 Å². The lowest BCUT2D eigenvalue weighted by molar-refractivity contribution is 0.224. The van der Waals surface area contributed by atoms with E-state index in [1.54, 1.807) is 24.2 Å². The lowest BCUT2D eigenvalue weighted by Gasteiger charge is -2.14. The molecular formula is C9H12IN3O. The van der Waals surface area contributed by atoms with Crippen LogP contribution < -0.4 is 5.32 Å². The van der Waals surface area contributed by atoms with E-state index in [1.165, 1.54) is 0 Å². The van der Waals surface area contributed by atoms with Crippen LogP contribution in [0.3, 0.4) is 0 Å². The third-order valence-electron chi connectivity index (χ3n) is 1.78. The van der Waals surface area contributed by atoms with Crippen LogP contribution in [0.15, 0.2) is 18.3 Å². The molecule has 0 unspecified atom stereocenters. The van der Waals surface area contributed by atoms with Gasteiger partial charge in [-0.2, -0.15) is 0 Å². The lowest BCUT2D eigenvalue weighted by atomic mass is 10.4. The molecule has 0 saturated carbocycles. The molecule has 1 N–H and O–H groups in total. The van der Waals surface area contributed by atoms with E-state index >= 15 is 0 Å². The maximum Gasteiger partial charge on any atom is 0.322 e. The van der Waals surface area contributed by atoms with Gasteiger partial charge in [0.1, 0.15) is 5.82 Å². The zero-order valence-electron chi connectivity index (χ0n) is 8.12. The van der Waals surface area contributed by atoms with E-state index in [-0.39, 0.29) is 6.03 Å². The van der Waals surface area contributed by atoms with Crippen LogP contribution >= 0.6 is 22.6 Å². The van der Waals surface area contributed by atoms with Crippen LogP contribution in [0.25, 0.3) is 0 Å². The maximum absolute atomic E-state index is 11.4. The minimum atomic E-state index is -0.138. The van der Waals surface area contributed by atoms with Gasteiger partial charge in [-0.25, -0.2) is 9.78 Å². The Bertz CT molecular complexity index is 312. The summed E-state index contributed by atoms with van der Waals surface area (Å²) in [5, 5.41) is 2.69. The molecule has 5 heteroatoms. The molecule has 0 spiro atoms. The van der Waals surface area contributed by atoms with Gasteiger partial charge in [-0.3, -0.25) is 5.32 Å². The molecule has 2 amide bonds. The Labute approximate surface area is 96.8 Å². The highest BCUT2D eigenvalue weighted by Crippen LogP contribution is 2.07. The van der Waals surface area contributed by atoms with E-state index in [0.717, 1.165) is 3.57 Å². The molecule has 0 atom stereocenters. The fraction of sp³-hybridized carbons (Fsp3) is 0.333. The summed E-state index contributed by atoms with van der Waals surface area (Å²) in [4.78, 5) is 17.1. The van der Waals surface area contributed by atoms with Crippen molar-refractivity contribution >= 4 is 34.4 Å². The van der Waals surface area contributed by atoms with Crippen LogP contribution in [0, 0.1) is 3.57 Å². The van der Waals surface area contributed by atoms with Crippen LogP contribution in [0.5, 0.6) is 0 Å². The predicted molar refractivity (Wildman–Crippen MR) is 64.3 cm³/mol. The zero-order chi connectivity index (χ0) is 10.6. The third-order valence-corrected chi connectivity index (χ3v) is 2.42. The number of carbonyl (C=O) groups is 1. The summed E-state index contributed by atoms with van der Waals surface area (Å²) in [7, 11) is 1.74. The van der Waals surface area contributed by atoms with Gasteiger partial charge in [0, 0.05) is 23.4 Å². The predicted octanol–water partition coefficient (Wildman–Crippen LogP) is 2.17. The second-order valence-electron chi connectivity index (χ2n) is 2.81. The van der Waals surface area contributed by atoms with E-state index in [4.69, 9.17) is 0 Å². The van der Waals surface area contributed by atoms with Crippen molar-refractivity contribution in [1.29, 1.82) is 0 Å². The van der Waals surface area contributed by atoms with Gasteiger partial charge in [0.2, 0.25) is 0 Å². The number of halogens is 1. The van der Waals surface area contributed by atoms with E-state index in [1.807, 2.05) is 13.0 Å². The molecule has 0 bridgehead atoms. The Hall–Kier alpha value is -0.850. The first kappa shape index (κ1) is 11.2. The first-order valence-electron chi connectivity index (χ1n) is 4.27. The standard InChI is InChI=1S/C9H12IN3O/c1-3-13(2)9(14)12-8-5-4-7(10)6-11-8/h4-6H,3H2,1-2H3,(H,11,12,14). The summed E-state index contributed by atoms with van der Waals surface area (Å²) in [6.07, 6.45) is 1.71. The monoisotopic (exact) mass is 305 g/mol. The number of anilines is 1. The molecule has 0 fully saturated rings. The Kier molecular flexibility index (Phi) is 4.12. The average Bonchev–Trinajstić information content (AvgIpc) is 2.20. The van der Waals surface area contributed by atoms with Crippen molar-refractivity contribution in [2.45, 2.75) is 6.92 Å². The Morgan fingerprint density at radius 2 is 2.36 bits per heavy atom. The summed E-state index contributed by atoms with van der Waals surface area (Å²) in [5.41, 5.74) is 0. The van der Waals surface area contributed by atoms with E-state index in [9.17, 15) is 4.79 Å². The average molecular weight is 305 g/mol. The highest BCUT2D eigenvalue weighted by molar-refractivity contribution is 14.1. The summed E-state index contributed by atoms with van der Waals surface area (Å²) < 4.78 is 1.05. The molecule has 0 aliphatic carbocycles. The molecule has 0 aromatic carbocycles. The quantitative estimate of drug-likeness (QED) is 0.851. The van der Waals surface area contributed by atoms with Gasteiger partial charge in [0.25, 0.3) is 0 Å². The van der Waals surface area contributed by atoms with Crippen molar-refractivity contribution in [1.82, 2.24) is 9.88 Å². The molecule has 76 valence electrons. The number of carbonyl (C=O) groups excluding carboxylic acids is 1. The molecule has 1 aromatic rings. The normalized spacial score (nSPS) is 9.64. The summed E-state index contributed by atoms with van der Waals surface area (Å²) >= 11 is 2.17. The number of nitrogens with zero attached hydrogens (tertiary/aromatic N) is 2. The topological polar surface area (TPSA) is 45.2 Å². The molecule has 0 aliphatic heterocycles. The largest absolute Gasteiger partial charge is 0.328 e. The highest BCUT2D eigenvalue weighted by atomic mass is 127. The smallest absolute Gasteiger partial charge is 0.322 e. The van der Waals surface area contributed by atoms with Gasteiger partial charge in [-0.1, -0.05) is 0 Å². The maximum atomic E-state index is 11.4. The molecule has 4 nitrogen and oxygen atoms in total. The van der Waals surface area contributed by atoms with Crippen molar-refractivity contribution < 1.29 is 4.79 Å². The van der Waals surface area contributed by atoms with Crippen LogP contribution in [0.2, 0.25) is 0 Å². The Balaban J connectivity index is 2.60. The molecule has 0 radical (unpaired) electrons. The first-order chi connectivity index (χ1) is 6.63. The van der Waals surface area contributed by atoms with Crippen LogP contribution in [0.1, 0.15) is 6.92 Å². The van der Waals surface area contributed by atoms with E-state index in [0.29, 0.717) is 12.4 Å². The lowest BCUT2D eigenvalue weighted by Crippen LogP contribution is -2.31. The fourth-order valence-corrected chi connectivity index (χ4v) is 1.12. The summed E-state index contributed by atoms with van der Waals surface area (Å²) in [6, 6.07) is 3.54. The summed E-state index contributed by atoms with van der Waals surface area (Å²) in [6.45, 7) is 2.59. The van der Waals surface area contributed by atoms with Gasteiger partial charge in [0.15, 0.2) is 0 Å². The zero-order valence-corrected chi connectivity index (χ0v) is 10.3. The number of nitrogens with one attached hydrogen (secondary N) is 1. The number of amides is 2. The number of urea groups is 1. The molecule has 1 heterocycles. The number of aromatic nitrogens is 1. The van der Waals surface area contributed by atoms with Gasteiger partial charge >= 0.3 is 6.03 Å². The number of rotatable bonds is 2. The molecule has 1 rings (SSSR count). The van der Waals surface area contributed by atoms with Gasteiger partial charge < -0.3 is 4.90 Å². The van der Waals surface area contributed by atoms with Crippen LogP contribution in [-0.2, 0) is 0 Å². The number of hydrogen-bond acceptors (Lipinski definition) is 2. The number of hydrogen-bond donors (Lipinski definition) is 1. The molecule has 1 aromatic heterocycles. The van der Waals surface area contributed by atoms with Crippen molar-refractivity contribution in [3.63, 3.8) is 0 Å². The molecule has 0 aliphatic rings. The second-order valence-corrected chi connectivity index (χ2v) is 4.05. The van der Waals surface area contributed by atoms with Crippen molar-refractivity contribution in [3.05, 3.63) is 21.9 Å². The van der Waals surface area contributed by atoms with Gasteiger partial charge in [-0.05, 0) is 41.6 Å². The van der Waals surface area contributed by atoms with Crippen molar-refractivity contribution in [2.75, 3.05) is 18.9 Å². The SMILES string of the molecule is CCN(C)C(=O)Nc1ccc(I)cn1. The minimum absolute atomic E-state index is 0.138. The molecular weight excluding hydrogens is 293 g/mol. The second kappa shape index (κ2) is 5.14.